The molecule has 1 saturated carbocycles. The number of carbonyl (C=O) groups excluding carboxylic acids is 1. The summed E-state index contributed by atoms with van der Waals surface area (Å²) >= 11 is 0. The van der Waals surface area contributed by atoms with E-state index >= 15 is 0 Å². The van der Waals surface area contributed by atoms with Gasteiger partial charge >= 0.3 is 0 Å². The molecule has 1 amide bonds. The number of hydrogen-bond acceptors (Lipinski definition) is 3. The van der Waals surface area contributed by atoms with Crippen molar-refractivity contribution in [3.8, 4) is 0 Å². The number of likely N-dealkylation sites (N-methyl/N-ethyl adjacent to an activating group) is 1. The number of amides is 1. The van der Waals surface area contributed by atoms with Gasteiger partial charge < -0.3 is 5.73 Å². The second-order valence-electron chi connectivity index (χ2n) is 7.27. The van der Waals surface area contributed by atoms with Gasteiger partial charge in [-0.25, -0.2) is 0 Å². The fraction of sp³-hybridized carbons (Fsp3) is 0.938. The first-order chi connectivity index (χ1) is 9.63. The Balaban J connectivity index is 1.58. The Morgan fingerprint density at radius 2 is 1.70 bits per heavy atom. The highest BCUT2D eigenvalue weighted by molar-refractivity contribution is 5.76. The third-order valence-electron chi connectivity index (χ3n) is 5.85. The molecule has 2 bridgehead atoms. The van der Waals surface area contributed by atoms with Crippen molar-refractivity contribution in [1.82, 2.24) is 9.80 Å². The molecule has 114 valence electrons. The van der Waals surface area contributed by atoms with Crippen molar-refractivity contribution in [2.75, 3.05) is 26.7 Å². The fourth-order valence-corrected chi connectivity index (χ4v) is 4.58. The van der Waals surface area contributed by atoms with Gasteiger partial charge in [0.2, 0.25) is 5.91 Å². The summed E-state index contributed by atoms with van der Waals surface area (Å²) in [5.74, 6) is 0.937. The molecule has 0 radical (unpaired) electrons. The van der Waals surface area contributed by atoms with Gasteiger partial charge in [0, 0.05) is 37.6 Å². The number of rotatable bonds is 3. The first kappa shape index (κ1) is 14.3. The Hall–Kier alpha value is -0.610. The molecule has 3 rings (SSSR count). The van der Waals surface area contributed by atoms with Crippen molar-refractivity contribution < 1.29 is 4.79 Å². The Morgan fingerprint density at radius 1 is 1.10 bits per heavy atom. The van der Waals surface area contributed by atoms with Crippen molar-refractivity contribution in [2.24, 2.45) is 17.6 Å². The maximum atomic E-state index is 11.5. The van der Waals surface area contributed by atoms with Crippen LogP contribution in [-0.4, -0.2) is 54.5 Å². The molecule has 2 saturated heterocycles. The van der Waals surface area contributed by atoms with Gasteiger partial charge in [0.25, 0.3) is 0 Å². The lowest BCUT2D eigenvalue weighted by molar-refractivity contribution is -0.126. The van der Waals surface area contributed by atoms with E-state index in [2.05, 4.69) is 16.8 Å². The maximum absolute atomic E-state index is 11.5. The van der Waals surface area contributed by atoms with Crippen LogP contribution in [0.25, 0.3) is 0 Å². The van der Waals surface area contributed by atoms with Gasteiger partial charge in [0.05, 0.1) is 0 Å². The monoisotopic (exact) mass is 279 g/mol. The number of fused-ring (bicyclic) bond motifs is 2. The summed E-state index contributed by atoms with van der Waals surface area (Å²) in [6.07, 6.45) is 9.05. The molecular formula is C16H29N3O. The molecule has 1 aliphatic carbocycles. The van der Waals surface area contributed by atoms with Crippen molar-refractivity contribution >= 4 is 5.91 Å². The summed E-state index contributed by atoms with van der Waals surface area (Å²) < 4.78 is 0. The molecule has 2 heterocycles. The van der Waals surface area contributed by atoms with E-state index < -0.39 is 0 Å². The number of primary amides is 1. The third-order valence-corrected chi connectivity index (χ3v) is 5.85. The molecule has 0 spiro atoms. The van der Waals surface area contributed by atoms with Crippen LogP contribution in [0.2, 0.25) is 0 Å². The molecule has 3 aliphatic rings. The average Bonchev–Trinajstić information content (AvgIpc) is 2.40. The SMILES string of the molecule is CN1C2CC(C(N)=O)CC1CN(CC1CCCCC1)C2. The molecule has 3 fully saturated rings. The number of nitrogens with two attached hydrogens (primary N) is 1. The highest BCUT2D eigenvalue weighted by atomic mass is 16.1. The molecule has 20 heavy (non-hydrogen) atoms. The van der Waals surface area contributed by atoms with Crippen LogP contribution in [0.15, 0.2) is 0 Å². The van der Waals surface area contributed by atoms with Crippen LogP contribution in [0, 0.1) is 11.8 Å². The van der Waals surface area contributed by atoms with Crippen LogP contribution in [-0.2, 0) is 4.79 Å². The van der Waals surface area contributed by atoms with Gasteiger partial charge in [-0.05, 0) is 38.6 Å². The average molecular weight is 279 g/mol. The van der Waals surface area contributed by atoms with E-state index in [4.69, 9.17) is 5.73 Å². The van der Waals surface area contributed by atoms with E-state index in [1.54, 1.807) is 0 Å². The van der Waals surface area contributed by atoms with Gasteiger partial charge in [-0.15, -0.1) is 0 Å². The van der Waals surface area contributed by atoms with Crippen LogP contribution >= 0.6 is 0 Å². The van der Waals surface area contributed by atoms with Gasteiger partial charge in [0.15, 0.2) is 0 Å². The topological polar surface area (TPSA) is 49.6 Å². The molecule has 0 aromatic rings. The van der Waals surface area contributed by atoms with E-state index in [0.717, 1.165) is 31.8 Å². The largest absolute Gasteiger partial charge is 0.369 e. The smallest absolute Gasteiger partial charge is 0.220 e. The molecule has 4 nitrogen and oxygen atoms in total. The molecule has 0 aromatic heterocycles. The predicted octanol–water partition coefficient (Wildman–Crippen LogP) is 1.45. The third kappa shape index (κ3) is 3.01. The number of nitrogens with zero attached hydrogens (tertiary/aromatic N) is 2. The Morgan fingerprint density at radius 3 is 2.25 bits per heavy atom. The quantitative estimate of drug-likeness (QED) is 0.850. The Labute approximate surface area is 122 Å². The minimum absolute atomic E-state index is 0.0890. The van der Waals surface area contributed by atoms with E-state index in [-0.39, 0.29) is 11.8 Å². The summed E-state index contributed by atoms with van der Waals surface area (Å²) in [7, 11) is 2.23. The second-order valence-corrected chi connectivity index (χ2v) is 7.27. The van der Waals surface area contributed by atoms with Crippen LogP contribution in [0.5, 0.6) is 0 Å². The van der Waals surface area contributed by atoms with Crippen LogP contribution < -0.4 is 5.73 Å². The molecule has 2 unspecified atom stereocenters. The number of carbonyl (C=O) groups is 1. The Kier molecular flexibility index (Phi) is 4.32. The minimum atomic E-state index is -0.0890. The lowest BCUT2D eigenvalue weighted by Crippen LogP contribution is -2.62. The lowest BCUT2D eigenvalue weighted by Gasteiger charge is -2.51. The first-order valence-corrected chi connectivity index (χ1v) is 8.37. The zero-order chi connectivity index (χ0) is 14.1. The maximum Gasteiger partial charge on any atom is 0.220 e. The molecule has 4 heteroatoms. The minimum Gasteiger partial charge on any atom is -0.369 e. The van der Waals surface area contributed by atoms with E-state index in [0.29, 0.717) is 12.1 Å². The summed E-state index contributed by atoms with van der Waals surface area (Å²) in [5.41, 5.74) is 5.53. The molecule has 2 N–H and O–H groups in total. The molecule has 2 aliphatic heterocycles. The van der Waals surface area contributed by atoms with E-state index in [9.17, 15) is 4.79 Å². The predicted molar refractivity (Wildman–Crippen MR) is 80.3 cm³/mol. The van der Waals surface area contributed by atoms with Crippen LogP contribution in [0.3, 0.4) is 0 Å². The van der Waals surface area contributed by atoms with Crippen molar-refractivity contribution in [3.05, 3.63) is 0 Å². The number of piperidine rings is 1. The molecular weight excluding hydrogens is 250 g/mol. The van der Waals surface area contributed by atoms with E-state index in [1.165, 1.54) is 38.6 Å². The lowest BCUT2D eigenvalue weighted by atomic mass is 9.82. The molecule has 2 atom stereocenters. The highest BCUT2D eigenvalue weighted by Crippen LogP contribution is 2.32. The second kappa shape index (κ2) is 6.02. The summed E-state index contributed by atoms with van der Waals surface area (Å²) in [6.45, 7) is 3.54. The van der Waals surface area contributed by atoms with Gasteiger partial charge in [-0.3, -0.25) is 14.6 Å². The number of likely N-dealkylation sites (tertiary alicyclic amines) is 1. The molecule has 0 aromatic carbocycles. The first-order valence-electron chi connectivity index (χ1n) is 8.37. The van der Waals surface area contributed by atoms with Gasteiger partial charge in [0.1, 0.15) is 0 Å². The fourth-order valence-electron chi connectivity index (χ4n) is 4.58. The van der Waals surface area contributed by atoms with Crippen LogP contribution in [0.4, 0.5) is 0 Å². The number of hydrogen-bond donors (Lipinski definition) is 1. The Bertz CT molecular complexity index is 338. The highest BCUT2D eigenvalue weighted by Gasteiger charge is 2.41. The zero-order valence-corrected chi connectivity index (χ0v) is 12.8. The van der Waals surface area contributed by atoms with E-state index in [1.807, 2.05) is 0 Å². The van der Waals surface area contributed by atoms with Gasteiger partial charge in [-0.1, -0.05) is 19.3 Å². The zero-order valence-electron chi connectivity index (χ0n) is 12.8. The number of piperazine rings is 1. The van der Waals surface area contributed by atoms with Gasteiger partial charge in [-0.2, -0.15) is 0 Å². The standard InChI is InChI=1S/C16H29N3O/c1-18-14-7-13(16(17)20)8-15(18)11-19(10-14)9-12-5-3-2-4-6-12/h12-15H,2-11H2,1H3,(H2,17,20). The summed E-state index contributed by atoms with van der Waals surface area (Å²) in [6, 6.07) is 1.06. The van der Waals surface area contributed by atoms with Crippen molar-refractivity contribution in [3.63, 3.8) is 0 Å². The summed E-state index contributed by atoms with van der Waals surface area (Å²) in [4.78, 5) is 16.6. The summed E-state index contributed by atoms with van der Waals surface area (Å²) in [5, 5.41) is 0. The van der Waals surface area contributed by atoms with Crippen LogP contribution in [0.1, 0.15) is 44.9 Å². The normalized spacial score (nSPS) is 37.0. The van der Waals surface area contributed by atoms with Crippen molar-refractivity contribution in [1.29, 1.82) is 0 Å². The van der Waals surface area contributed by atoms with Crippen molar-refractivity contribution in [2.45, 2.75) is 57.0 Å².